The van der Waals surface area contributed by atoms with E-state index in [1.54, 1.807) is 6.07 Å². The van der Waals surface area contributed by atoms with Gasteiger partial charge in [-0.2, -0.15) is 0 Å². The van der Waals surface area contributed by atoms with Crippen molar-refractivity contribution in [2.24, 2.45) is 0 Å². The van der Waals surface area contributed by atoms with E-state index in [2.05, 4.69) is 0 Å². The zero-order chi connectivity index (χ0) is 13.3. The molecule has 0 saturated carbocycles. The van der Waals surface area contributed by atoms with E-state index in [4.69, 9.17) is 14.2 Å². The predicted molar refractivity (Wildman–Crippen MR) is 63.5 cm³/mol. The molecular formula is C13H14O5. The number of methoxy groups -OCH3 is 3. The second kappa shape index (κ2) is 4.68. The summed E-state index contributed by atoms with van der Waals surface area (Å²) in [4.78, 5) is 23.6. The molecule has 0 saturated heterocycles. The number of fused-ring (bicyclic) bond motifs is 1. The van der Waals surface area contributed by atoms with Crippen LogP contribution in [0.4, 0.5) is 0 Å². The number of ether oxygens (including phenoxy) is 3. The van der Waals surface area contributed by atoms with Gasteiger partial charge in [0.1, 0.15) is 0 Å². The molecule has 0 heterocycles. The molecule has 0 radical (unpaired) electrons. The average Bonchev–Trinajstić information content (AvgIpc) is 2.78. The third-order valence-corrected chi connectivity index (χ3v) is 3.06. The summed E-state index contributed by atoms with van der Waals surface area (Å²) in [5, 5.41) is 0. The highest BCUT2D eigenvalue weighted by Crippen LogP contribution is 2.40. The molecule has 0 fully saturated rings. The minimum atomic E-state index is -0.470. The van der Waals surface area contributed by atoms with Gasteiger partial charge in [-0.1, -0.05) is 0 Å². The van der Waals surface area contributed by atoms with Gasteiger partial charge in [-0.05, 0) is 18.1 Å². The Morgan fingerprint density at radius 3 is 2.44 bits per heavy atom. The minimum Gasteiger partial charge on any atom is -0.493 e. The number of carbonyl (C=O) groups is 2. The molecule has 0 aliphatic heterocycles. The van der Waals surface area contributed by atoms with E-state index in [1.165, 1.54) is 21.3 Å². The van der Waals surface area contributed by atoms with Crippen molar-refractivity contribution in [2.45, 2.75) is 12.8 Å². The molecule has 1 aliphatic carbocycles. The van der Waals surface area contributed by atoms with Crippen molar-refractivity contribution in [3.63, 3.8) is 0 Å². The normalized spacial score (nSPS) is 13.2. The van der Waals surface area contributed by atoms with Gasteiger partial charge in [-0.3, -0.25) is 4.79 Å². The Morgan fingerprint density at radius 2 is 1.89 bits per heavy atom. The Balaban J connectivity index is 2.72. The van der Waals surface area contributed by atoms with Crippen molar-refractivity contribution < 1.29 is 23.8 Å². The zero-order valence-electron chi connectivity index (χ0n) is 10.5. The van der Waals surface area contributed by atoms with Gasteiger partial charge in [-0.25, -0.2) is 4.79 Å². The average molecular weight is 250 g/mol. The number of benzene rings is 1. The van der Waals surface area contributed by atoms with Crippen molar-refractivity contribution in [3.05, 3.63) is 22.8 Å². The van der Waals surface area contributed by atoms with Crippen LogP contribution in [0, 0.1) is 0 Å². The van der Waals surface area contributed by atoms with Crippen molar-refractivity contribution >= 4 is 11.8 Å². The molecule has 1 aliphatic rings. The lowest BCUT2D eigenvalue weighted by Gasteiger charge is -2.14. The molecule has 0 amide bonds. The predicted octanol–water partition coefficient (Wildman–Crippen LogP) is 1.62. The summed E-state index contributed by atoms with van der Waals surface area (Å²) in [6, 6.07) is 1.56. The van der Waals surface area contributed by atoms with E-state index in [0.717, 1.165) is 0 Å². The molecule has 0 unspecified atom stereocenters. The molecule has 5 nitrogen and oxygen atoms in total. The zero-order valence-corrected chi connectivity index (χ0v) is 10.5. The second-order valence-corrected chi connectivity index (χ2v) is 3.93. The largest absolute Gasteiger partial charge is 0.493 e. The molecule has 0 N–H and O–H groups in total. The van der Waals surface area contributed by atoms with Crippen LogP contribution in [0.25, 0.3) is 0 Å². The van der Waals surface area contributed by atoms with Crippen LogP contribution in [-0.4, -0.2) is 33.1 Å². The van der Waals surface area contributed by atoms with Gasteiger partial charge in [0.05, 0.1) is 32.5 Å². The Morgan fingerprint density at radius 1 is 1.17 bits per heavy atom. The molecule has 0 aromatic heterocycles. The number of Topliss-reactive ketones (excluding diaryl/α,β-unsaturated/α-hetero) is 1. The van der Waals surface area contributed by atoms with Crippen molar-refractivity contribution in [3.8, 4) is 11.5 Å². The molecule has 0 spiro atoms. The van der Waals surface area contributed by atoms with Crippen LogP contribution in [0.5, 0.6) is 11.5 Å². The maximum Gasteiger partial charge on any atom is 0.338 e. The van der Waals surface area contributed by atoms with Crippen LogP contribution in [0.3, 0.4) is 0 Å². The summed E-state index contributed by atoms with van der Waals surface area (Å²) in [6.45, 7) is 0. The van der Waals surface area contributed by atoms with Crippen LogP contribution in [0.2, 0.25) is 0 Å². The van der Waals surface area contributed by atoms with E-state index in [1.807, 2.05) is 0 Å². The summed E-state index contributed by atoms with van der Waals surface area (Å²) < 4.78 is 15.1. The molecule has 0 atom stereocenters. The quantitative estimate of drug-likeness (QED) is 0.763. The number of rotatable bonds is 3. The lowest BCUT2D eigenvalue weighted by Crippen LogP contribution is -2.08. The van der Waals surface area contributed by atoms with E-state index < -0.39 is 5.97 Å². The summed E-state index contributed by atoms with van der Waals surface area (Å²) in [6.07, 6.45) is 0.905. The first-order valence-corrected chi connectivity index (χ1v) is 5.53. The lowest BCUT2D eigenvalue weighted by atomic mass is 10.0. The molecule has 1 aromatic rings. The van der Waals surface area contributed by atoms with Crippen molar-refractivity contribution in [1.29, 1.82) is 0 Å². The van der Waals surface area contributed by atoms with Gasteiger partial charge in [-0.15, -0.1) is 0 Å². The molecule has 5 heteroatoms. The van der Waals surface area contributed by atoms with Crippen LogP contribution in [0.15, 0.2) is 6.07 Å². The fourth-order valence-corrected chi connectivity index (χ4v) is 2.24. The number of esters is 1. The van der Waals surface area contributed by atoms with Crippen LogP contribution in [-0.2, 0) is 11.2 Å². The third-order valence-electron chi connectivity index (χ3n) is 3.06. The highest BCUT2D eigenvalue weighted by molar-refractivity contribution is 6.07. The van der Waals surface area contributed by atoms with Crippen LogP contribution < -0.4 is 9.47 Å². The molecular weight excluding hydrogens is 236 g/mol. The van der Waals surface area contributed by atoms with Gasteiger partial charge < -0.3 is 14.2 Å². The molecule has 2 rings (SSSR count). The van der Waals surface area contributed by atoms with Crippen LogP contribution >= 0.6 is 0 Å². The van der Waals surface area contributed by atoms with E-state index >= 15 is 0 Å². The maximum atomic E-state index is 11.9. The van der Waals surface area contributed by atoms with Gasteiger partial charge in [0.25, 0.3) is 0 Å². The van der Waals surface area contributed by atoms with Gasteiger partial charge >= 0.3 is 5.97 Å². The van der Waals surface area contributed by atoms with E-state index in [9.17, 15) is 9.59 Å². The maximum absolute atomic E-state index is 11.9. The fourth-order valence-electron chi connectivity index (χ4n) is 2.24. The minimum absolute atomic E-state index is 0.0362. The van der Waals surface area contributed by atoms with Gasteiger partial charge in [0.15, 0.2) is 17.3 Å². The third kappa shape index (κ3) is 1.72. The first-order chi connectivity index (χ1) is 8.63. The summed E-state index contributed by atoms with van der Waals surface area (Å²) >= 11 is 0. The summed E-state index contributed by atoms with van der Waals surface area (Å²) in [5.74, 6) is 0.252. The summed E-state index contributed by atoms with van der Waals surface area (Å²) in [7, 11) is 4.24. The highest BCUT2D eigenvalue weighted by atomic mass is 16.5. The van der Waals surface area contributed by atoms with Crippen LogP contribution in [0.1, 0.15) is 32.7 Å². The topological polar surface area (TPSA) is 61.8 Å². The van der Waals surface area contributed by atoms with E-state index in [0.29, 0.717) is 41.0 Å². The highest BCUT2D eigenvalue weighted by Gasteiger charge is 2.31. The monoisotopic (exact) mass is 250 g/mol. The van der Waals surface area contributed by atoms with E-state index in [-0.39, 0.29) is 5.78 Å². The molecule has 18 heavy (non-hydrogen) atoms. The molecule has 0 bridgehead atoms. The first-order valence-electron chi connectivity index (χ1n) is 5.53. The van der Waals surface area contributed by atoms with Gasteiger partial charge in [0.2, 0.25) is 0 Å². The molecule has 96 valence electrons. The van der Waals surface area contributed by atoms with Crippen molar-refractivity contribution in [1.82, 2.24) is 0 Å². The fraction of sp³-hybridized carbons (Fsp3) is 0.385. The molecule has 1 aromatic carbocycles. The lowest BCUT2D eigenvalue weighted by molar-refractivity contribution is 0.0599. The Bertz CT molecular complexity index is 519. The standard InChI is InChI=1S/C13H14O5/c1-16-10-6-8(13(15)18-3)7-4-5-9(14)11(7)12(10)17-2/h6H,4-5H2,1-3H3. The SMILES string of the molecule is COC(=O)c1cc(OC)c(OC)c2c1CCC2=O. The Hall–Kier alpha value is -2.04. The van der Waals surface area contributed by atoms with Crippen molar-refractivity contribution in [2.75, 3.05) is 21.3 Å². The smallest absolute Gasteiger partial charge is 0.338 e. The number of hydrogen-bond donors (Lipinski definition) is 0. The number of carbonyl (C=O) groups excluding carboxylic acids is 2. The number of hydrogen-bond acceptors (Lipinski definition) is 5. The summed E-state index contributed by atoms with van der Waals surface area (Å²) in [5.41, 5.74) is 1.50. The first kappa shape index (κ1) is 12.4. The number of ketones is 1. The Kier molecular flexibility index (Phi) is 3.23. The second-order valence-electron chi connectivity index (χ2n) is 3.93. The van der Waals surface area contributed by atoms with Gasteiger partial charge in [0, 0.05) is 6.42 Å². The Labute approximate surface area is 105 Å².